The van der Waals surface area contributed by atoms with Crippen molar-refractivity contribution in [1.82, 2.24) is 4.90 Å². The van der Waals surface area contributed by atoms with E-state index in [4.69, 9.17) is 5.73 Å². The van der Waals surface area contributed by atoms with E-state index in [-0.39, 0.29) is 5.91 Å². The predicted octanol–water partition coefficient (Wildman–Crippen LogP) is 7.08. The van der Waals surface area contributed by atoms with E-state index in [1.54, 1.807) is 0 Å². The zero-order valence-electron chi connectivity index (χ0n) is 21.0. The quantitative estimate of drug-likeness (QED) is 0.415. The predicted molar refractivity (Wildman–Crippen MR) is 145 cm³/mol. The van der Waals surface area contributed by atoms with E-state index in [2.05, 4.69) is 73.9 Å². The first-order valence-electron chi connectivity index (χ1n) is 12.3. The van der Waals surface area contributed by atoms with Gasteiger partial charge in [0.1, 0.15) is 5.41 Å². The number of hydrogen-bond acceptors (Lipinski definition) is 2. The molecule has 3 heteroatoms. The molecule has 0 saturated heterocycles. The minimum Gasteiger partial charge on any atom is -0.369 e. The first kappa shape index (κ1) is 26.9. The molecular formula is C31H40N2O. The van der Waals surface area contributed by atoms with Crippen molar-refractivity contribution in [3.63, 3.8) is 0 Å². The van der Waals surface area contributed by atoms with Crippen LogP contribution in [0, 0.1) is 0 Å². The third-order valence-corrected chi connectivity index (χ3v) is 6.17. The van der Waals surface area contributed by atoms with Gasteiger partial charge in [-0.1, -0.05) is 105 Å². The number of nitrogens with two attached hydrogens (primary N) is 1. The second-order valence-corrected chi connectivity index (χ2v) is 8.59. The van der Waals surface area contributed by atoms with Crippen LogP contribution < -0.4 is 5.73 Å². The van der Waals surface area contributed by atoms with Gasteiger partial charge >= 0.3 is 0 Å². The molecule has 0 heterocycles. The van der Waals surface area contributed by atoms with Crippen LogP contribution in [0.15, 0.2) is 109 Å². The highest BCUT2D eigenvalue weighted by Gasteiger charge is 2.41. The van der Waals surface area contributed by atoms with Crippen molar-refractivity contribution in [2.75, 3.05) is 6.54 Å². The first-order valence-corrected chi connectivity index (χ1v) is 12.3. The van der Waals surface area contributed by atoms with E-state index in [0.29, 0.717) is 13.0 Å². The molecule has 2 aromatic rings. The Hall–Kier alpha value is -3.33. The Labute approximate surface area is 206 Å². The third-order valence-electron chi connectivity index (χ3n) is 6.17. The highest BCUT2D eigenvalue weighted by molar-refractivity contribution is 5.91. The van der Waals surface area contributed by atoms with Crippen LogP contribution in [0.25, 0.3) is 0 Å². The lowest BCUT2D eigenvalue weighted by atomic mass is 9.69. The van der Waals surface area contributed by atoms with Crippen LogP contribution in [-0.2, 0) is 16.6 Å². The van der Waals surface area contributed by atoms with Crippen LogP contribution in [0.5, 0.6) is 0 Å². The van der Waals surface area contributed by atoms with Gasteiger partial charge in [0.2, 0.25) is 5.91 Å². The van der Waals surface area contributed by atoms with Gasteiger partial charge in [-0.3, -0.25) is 4.79 Å². The Morgan fingerprint density at radius 1 is 1.06 bits per heavy atom. The third kappa shape index (κ3) is 7.34. The van der Waals surface area contributed by atoms with Crippen molar-refractivity contribution >= 4 is 5.91 Å². The number of benzene rings is 2. The summed E-state index contributed by atoms with van der Waals surface area (Å²) in [6, 6.07) is 20.4. The number of carbonyl (C=O) groups is 1. The molecule has 1 aliphatic rings. The van der Waals surface area contributed by atoms with Gasteiger partial charge in [0.05, 0.1) is 0 Å². The first-order chi connectivity index (χ1) is 16.5. The average molecular weight is 457 g/mol. The molecule has 0 saturated carbocycles. The van der Waals surface area contributed by atoms with Crippen LogP contribution >= 0.6 is 0 Å². The van der Waals surface area contributed by atoms with Gasteiger partial charge in [-0.05, 0) is 61.9 Å². The number of amides is 1. The summed E-state index contributed by atoms with van der Waals surface area (Å²) in [6.07, 6.45) is 15.1. The lowest BCUT2D eigenvalue weighted by Gasteiger charge is -2.35. The average Bonchev–Trinajstić information content (AvgIpc) is 2.88. The van der Waals surface area contributed by atoms with Gasteiger partial charge in [0.25, 0.3) is 0 Å². The summed E-state index contributed by atoms with van der Waals surface area (Å²) in [5, 5.41) is 0. The summed E-state index contributed by atoms with van der Waals surface area (Å²) in [5.41, 5.74) is 9.51. The number of nitrogens with zero attached hydrogens (tertiary/aromatic N) is 1. The second kappa shape index (κ2) is 14.0. The molecule has 1 aliphatic carbocycles. The number of hydrogen-bond donors (Lipinski definition) is 1. The molecule has 0 fully saturated rings. The highest BCUT2D eigenvalue weighted by Crippen LogP contribution is 2.38. The number of allylic oxidation sites excluding steroid dienone is 5. The maximum atomic E-state index is 12.8. The monoisotopic (exact) mass is 456 g/mol. The molecule has 3 nitrogen and oxygen atoms in total. The Balaban J connectivity index is 0.000000430. The van der Waals surface area contributed by atoms with E-state index in [0.717, 1.165) is 42.5 Å². The Bertz CT molecular complexity index is 989. The van der Waals surface area contributed by atoms with E-state index in [1.165, 1.54) is 5.56 Å². The standard InChI is InChI=1S/C23H30N2O.C8H10/c1-4-5-17-25(19(2)3)18-16-23(22(24)26,20-12-8-6-9-13-20)21-14-10-7-11-15-21;1-2-8-6-4-3-5-7-8/h5-6,8-10,12-15,17H,2,4,7,11,16,18H2,1,3H3,(H2,24,26);3-7H,2H2,1H3/b17-5-;. The molecule has 1 amide bonds. The van der Waals surface area contributed by atoms with E-state index < -0.39 is 5.41 Å². The van der Waals surface area contributed by atoms with Crippen molar-refractivity contribution in [2.24, 2.45) is 5.73 Å². The van der Waals surface area contributed by atoms with E-state index in [9.17, 15) is 4.79 Å². The van der Waals surface area contributed by atoms with Gasteiger partial charge in [-0.25, -0.2) is 0 Å². The molecule has 0 aromatic heterocycles. The minimum atomic E-state index is -0.827. The molecule has 1 unspecified atom stereocenters. The molecule has 2 aromatic carbocycles. The molecule has 3 rings (SSSR count). The minimum absolute atomic E-state index is 0.303. The Kier molecular flexibility index (Phi) is 11.1. The Morgan fingerprint density at radius 3 is 2.18 bits per heavy atom. The fourth-order valence-electron chi connectivity index (χ4n) is 4.14. The van der Waals surface area contributed by atoms with Gasteiger partial charge in [0.15, 0.2) is 0 Å². The largest absolute Gasteiger partial charge is 0.369 e. The van der Waals surface area contributed by atoms with E-state index >= 15 is 0 Å². The topological polar surface area (TPSA) is 46.3 Å². The highest BCUT2D eigenvalue weighted by atomic mass is 16.1. The summed E-state index contributed by atoms with van der Waals surface area (Å²) in [6.45, 7) is 11.0. The molecular weight excluding hydrogens is 416 g/mol. The van der Waals surface area contributed by atoms with Crippen LogP contribution in [0.4, 0.5) is 0 Å². The van der Waals surface area contributed by atoms with Gasteiger partial charge < -0.3 is 10.6 Å². The maximum absolute atomic E-state index is 12.8. The molecule has 34 heavy (non-hydrogen) atoms. The molecule has 180 valence electrons. The molecule has 0 aliphatic heterocycles. The molecule has 0 spiro atoms. The van der Waals surface area contributed by atoms with Crippen LogP contribution in [0.1, 0.15) is 57.6 Å². The molecule has 2 N–H and O–H groups in total. The summed E-state index contributed by atoms with van der Waals surface area (Å²) >= 11 is 0. The van der Waals surface area contributed by atoms with Crippen molar-refractivity contribution in [1.29, 1.82) is 0 Å². The van der Waals surface area contributed by atoms with Crippen LogP contribution in [0.3, 0.4) is 0 Å². The zero-order chi connectivity index (χ0) is 24.8. The van der Waals surface area contributed by atoms with Crippen molar-refractivity contribution < 1.29 is 4.79 Å². The number of carbonyl (C=O) groups excluding carboxylic acids is 1. The van der Waals surface area contributed by atoms with Crippen LogP contribution in [0.2, 0.25) is 0 Å². The summed E-state index contributed by atoms with van der Waals surface area (Å²) < 4.78 is 0. The number of aryl methyl sites for hydroxylation is 1. The normalized spacial score (nSPS) is 14.5. The van der Waals surface area contributed by atoms with Crippen LogP contribution in [-0.4, -0.2) is 17.4 Å². The summed E-state index contributed by atoms with van der Waals surface area (Å²) in [4.78, 5) is 14.9. The lowest BCUT2D eigenvalue weighted by molar-refractivity contribution is -0.122. The smallest absolute Gasteiger partial charge is 0.232 e. The summed E-state index contributed by atoms with van der Waals surface area (Å²) in [5.74, 6) is -0.303. The number of rotatable bonds is 10. The lowest BCUT2D eigenvalue weighted by Crippen LogP contribution is -2.44. The van der Waals surface area contributed by atoms with Crippen molar-refractivity contribution in [2.45, 2.75) is 58.3 Å². The molecule has 1 atom stereocenters. The van der Waals surface area contributed by atoms with Gasteiger partial charge in [0, 0.05) is 12.2 Å². The van der Waals surface area contributed by atoms with Gasteiger partial charge in [-0.15, -0.1) is 0 Å². The SMILES string of the molecule is C=C(C)N(/C=C\CC)CCC(C(N)=O)(C1=CCCC=C1)c1ccccc1.CCc1ccccc1. The molecule has 0 radical (unpaired) electrons. The van der Waals surface area contributed by atoms with Crippen molar-refractivity contribution in [3.8, 4) is 0 Å². The zero-order valence-corrected chi connectivity index (χ0v) is 21.0. The van der Waals surface area contributed by atoms with E-state index in [1.807, 2.05) is 49.5 Å². The Morgan fingerprint density at radius 2 is 1.71 bits per heavy atom. The second-order valence-electron chi connectivity index (χ2n) is 8.59. The fourth-order valence-corrected chi connectivity index (χ4v) is 4.14. The molecule has 0 bridgehead atoms. The maximum Gasteiger partial charge on any atom is 0.232 e. The van der Waals surface area contributed by atoms with Crippen molar-refractivity contribution in [3.05, 3.63) is 120 Å². The van der Waals surface area contributed by atoms with Gasteiger partial charge in [-0.2, -0.15) is 0 Å². The summed E-state index contributed by atoms with van der Waals surface area (Å²) in [7, 11) is 0. The number of primary amides is 1. The fraction of sp³-hybridized carbons (Fsp3) is 0.323.